The molecule has 33 heavy (non-hydrogen) atoms. The van der Waals surface area contributed by atoms with Crippen LogP contribution in [0.5, 0.6) is 0 Å². The van der Waals surface area contributed by atoms with E-state index in [0.29, 0.717) is 48.6 Å². The van der Waals surface area contributed by atoms with Gasteiger partial charge in [0.2, 0.25) is 0 Å². The van der Waals surface area contributed by atoms with Gasteiger partial charge in [-0.25, -0.2) is 0 Å². The first-order valence-corrected chi connectivity index (χ1v) is 11.2. The number of halogens is 4. The van der Waals surface area contributed by atoms with E-state index in [4.69, 9.17) is 4.74 Å². The first kappa shape index (κ1) is 23.5. The molecule has 0 unspecified atom stereocenters. The van der Waals surface area contributed by atoms with Crippen LogP contribution in [-0.4, -0.2) is 61.1 Å². The van der Waals surface area contributed by atoms with Gasteiger partial charge in [-0.2, -0.15) is 13.2 Å². The molecule has 3 N–H and O–H groups in total. The van der Waals surface area contributed by atoms with Crippen LogP contribution in [-0.2, 0) is 15.7 Å². The van der Waals surface area contributed by atoms with Crippen molar-refractivity contribution >= 4 is 45.1 Å². The van der Waals surface area contributed by atoms with Crippen LogP contribution < -0.4 is 10.6 Å². The van der Waals surface area contributed by atoms with Crippen molar-refractivity contribution in [3.05, 3.63) is 50.8 Å². The number of aromatic nitrogens is 1. The molecule has 2 amide bonds. The summed E-state index contributed by atoms with van der Waals surface area (Å²) in [6.45, 7) is 4.74. The highest BCUT2D eigenvalue weighted by molar-refractivity contribution is 9.10. The summed E-state index contributed by atoms with van der Waals surface area (Å²) in [7, 11) is 0. The van der Waals surface area contributed by atoms with Crippen molar-refractivity contribution in [2.75, 3.05) is 44.7 Å². The molecule has 0 bridgehead atoms. The molecule has 2 aliphatic heterocycles. The molecule has 11 heteroatoms. The fourth-order valence-corrected chi connectivity index (χ4v) is 4.39. The molecule has 0 spiro atoms. The SMILES string of the molecule is Cc1[nH]c(/C=C2\C(=O)Nc3ccc(Br)cc32)c(C(F)(F)F)c1C(=O)NCCN1CCOCC1. The number of fused-ring (bicyclic) bond motifs is 1. The summed E-state index contributed by atoms with van der Waals surface area (Å²) >= 11 is 3.31. The van der Waals surface area contributed by atoms with Crippen molar-refractivity contribution in [3.63, 3.8) is 0 Å². The molecule has 1 aromatic heterocycles. The lowest BCUT2D eigenvalue weighted by Crippen LogP contribution is -2.41. The normalized spacial score (nSPS) is 17.8. The van der Waals surface area contributed by atoms with Crippen LogP contribution in [0.2, 0.25) is 0 Å². The number of anilines is 1. The number of benzene rings is 1. The largest absolute Gasteiger partial charge is 0.419 e. The van der Waals surface area contributed by atoms with E-state index in [1.54, 1.807) is 18.2 Å². The molecule has 1 fully saturated rings. The third kappa shape index (κ3) is 4.99. The van der Waals surface area contributed by atoms with Crippen molar-refractivity contribution < 1.29 is 27.5 Å². The minimum atomic E-state index is -4.80. The Morgan fingerprint density at radius 2 is 2.03 bits per heavy atom. The monoisotopic (exact) mass is 526 g/mol. The van der Waals surface area contributed by atoms with Crippen LogP contribution >= 0.6 is 15.9 Å². The van der Waals surface area contributed by atoms with E-state index in [1.807, 2.05) is 0 Å². The summed E-state index contributed by atoms with van der Waals surface area (Å²) in [6, 6.07) is 5.04. The van der Waals surface area contributed by atoms with Gasteiger partial charge in [0.25, 0.3) is 11.8 Å². The molecular formula is C22H22BrF3N4O3. The van der Waals surface area contributed by atoms with E-state index in [2.05, 4.69) is 36.4 Å². The zero-order chi connectivity index (χ0) is 23.8. The second kappa shape index (κ2) is 9.32. The summed E-state index contributed by atoms with van der Waals surface area (Å²) in [6.07, 6.45) is -3.66. The van der Waals surface area contributed by atoms with Crippen LogP contribution in [0.4, 0.5) is 18.9 Å². The summed E-state index contributed by atoms with van der Waals surface area (Å²) < 4.78 is 48.1. The van der Waals surface area contributed by atoms with Crippen molar-refractivity contribution in [3.8, 4) is 0 Å². The Kier molecular flexibility index (Phi) is 6.64. The third-order valence-electron chi connectivity index (χ3n) is 5.60. The average Bonchev–Trinajstić information content (AvgIpc) is 3.25. The van der Waals surface area contributed by atoms with Gasteiger partial charge in [-0.15, -0.1) is 0 Å². The number of nitrogens with one attached hydrogen (secondary N) is 3. The van der Waals surface area contributed by atoms with Gasteiger partial charge >= 0.3 is 6.18 Å². The molecule has 7 nitrogen and oxygen atoms in total. The highest BCUT2D eigenvalue weighted by Gasteiger charge is 2.41. The molecule has 3 heterocycles. The number of ether oxygens (including phenoxy) is 1. The number of nitrogens with zero attached hydrogens (tertiary/aromatic N) is 1. The standard InChI is InChI=1S/C22H22BrF3N4O3/c1-12-18(21(32)27-4-5-30-6-8-33-9-7-30)19(22(24,25)26)17(28-12)11-15-14-10-13(23)2-3-16(14)29-20(15)31/h2-3,10-11,28H,4-9H2,1H3,(H,27,32)(H,29,31)/b15-11-. The van der Waals surface area contributed by atoms with E-state index in [1.165, 1.54) is 6.92 Å². The molecular weight excluding hydrogens is 505 g/mol. The van der Waals surface area contributed by atoms with Crippen molar-refractivity contribution in [2.24, 2.45) is 0 Å². The Morgan fingerprint density at radius 1 is 1.30 bits per heavy atom. The Morgan fingerprint density at radius 3 is 2.73 bits per heavy atom. The predicted molar refractivity (Wildman–Crippen MR) is 121 cm³/mol. The Labute approximate surface area is 196 Å². The number of carbonyl (C=O) groups excluding carboxylic acids is 2. The lowest BCUT2D eigenvalue weighted by atomic mass is 10.0. The fraction of sp³-hybridized carbons (Fsp3) is 0.364. The van der Waals surface area contributed by atoms with Crippen LogP contribution in [0.1, 0.15) is 32.9 Å². The number of amides is 2. The third-order valence-corrected chi connectivity index (χ3v) is 6.09. The number of morpholine rings is 1. The van der Waals surface area contributed by atoms with Crippen LogP contribution in [0.3, 0.4) is 0 Å². The van der Waals surface area contributed by atoms with Gasteiger partial charge in [0, 0.05) is 47.6 Å². The maximum absolute atomic E-state index is 14.1. The Balaban J connectivity index is 1.64. The lowest BCUT2D eigenvalue weighted by molar-refractivity contribution is -0.138. The minimum absolute atomic E-state index is 0.0749. The second-order valence-corrected chi connectivity index (χ2v) is 8.74. The van der Waals surface area contributed by atoms with Gasteiger partial charge in [0.05, 0.1) is 35.6 Å². The molecule has 0 aliphatic carbocycles. The first-order valence-electron chi connectivity index (χ1n) is 10.4. The number of aromatic amines is 1. The van der Waals surface area contributed by atoms with E-state index in [-0.39, 0.29) is 23.5 Å². The number of hydrogen-bond acceptors (Lipinski definition) is 4. The minimum Gasteiger partial charge on any atom is -0.379 e. The molecule has 1 saturated heterocycles. The van der Waals surface area contributed by atoms with Crippen LogP contribution in [0, 0.1) is 6.92 Å². The van der Waals surface area contributed by atoms with Gasteiger partial charge in [-0.3, -0.25) is 14.5 Å². The highest BCUT2D eigenvalue weighted by Crippen LogP contribution is 2.40. The maximum Gasteiger partial charge on any atom is 0.419 e. The summed E-state index contributed by atoms with van der Waals surface area (Å²) in [5.41, 5.74) is -0.755. The van der Waals surface area contributed by atoms with E-state index < -0.39 is 29.1 Å². The van der Waals surface area contributed by atoms with E-state index in [9.17, 15) is 22.8 Å². The number of aryl methyl sites for hydroxylation is 1. The van der Waals surface area contributed by atoms with Crippen LogP contribution in [0.15, 0.2) is 22.7 Å². The summed E-state index contributed by atoms with van der Waals surface area (Å²) in [5, 5.41) is 5.23. The molecule has 2 aromatic rings. The van der Waals surface area contributed by atoms with Crippen molar-refractivity contribution in [2.45, 2.75) is 13.1 Å². The fourth-order valence-electron chi connectivity index (χ4n) is 4.02. The molecule has 0 atom stereocenters. The smallest absolute Gasteiger partial charge is 0.379 e. The number of H-pyrrole nitrogens is 1. The van der Waals surface area contributed by atoms with Crippen molar-refractivity contribution in [1.82, 2.24) is 15.2 Å². The first-order chi connectivity index (χ1) is 15.6. The Hall–Kier alpha value is -2.63. The second-order valence-electron chi connectivity index (χ2n) is 7.82. The zero-order valence-corrected chi connectivity index (χ0v) is 19.3. The summed E-state index contributed by atoms with van der Waals surface area (Å²) in [5.74, 6) is -1.33. The van der Waals surface area contributed by atoms with Gasteiger partial charge < -0.3 is 20.4 Å². The zero-order valence-electron chi connectivity index (χ0n) is 17.7. The molecule has 176 valence electrons. The van der Waals surface area contributed by atoms with Gasteiger partial charge in [-0.1, -0.05) is 15.9 Å². The number of carbonyl (C=O) groups is 2. The molecule has 0 radical (unpaired) electrons. The topological polar surface area (TPSA) is 86.5 Å². The molecule has 4 rings (SSSR count). The maximum atomic E-state index is 14.1. The van der Waals surface area contributed by atoms with Gasteiger partial charge in [-0.05, 0) is 31.2 Å². The summed E-state index contributed by atoms with van der Waals surface area (Å²) in [4.78, 5) is 29.9. The quantitative estimate of drug-likeness (QED) is 0.519. The molecule has 2 aliphatic rings. The van der Waals surface area contributed by atoms with Gasteiger partial charge in [0.1, 0.15) is 0 Å². The van der Waals surface area contributed by atoms with Gasteiger partial charge in [0.15, 0.2) is 0 Å². The average molecular weight is 527 g/mol. The van der Waals surface area contributed by atoms with Crippen molar-refractivity contribution in [1.29, 1.82) is 0 Å². The molecule has 1 aromatic carbocycles. The Bertz CT molecular complexity index is 1120. The number of rotatable bonds is 5. The molecule has 0 saturated carbocycles. The van der Waals surface area contributed by atoms with E-state index >= 15 is 0 Å². The lowest BCUT2D eigenvalue weighted by Gasteiger charge is -2.26. The predicted octanol–water partition coefficient (Wildman–Crippen LogP) is 3.66. The number of hydrogen-bond donors (Lipinski definition) is 3. The highest BCUT2D eigenvalue weighted by atomic mass is 79.9. The van der Waals surface area contributed by atoms with E-state index in [0.717, 1.165) is 6.08 Å². The number of alkyl halides is 3. The van der Waals surface area contributed by atoms with Crippen LogP contribution in [0.25, 0.3) is 11.6 Å².